The number of sulfone groups is 1. The first kappa shape index (κ1) is 16.6. The first-order valence-corrected chi connectivity index (χ1v) is 8.48. The highest BCUT2D eigenvalue weighted by molar-refractivity contribution is 7.90. The Labute approximate surface area is 128 Å². The lowest BCUT2D eigenvalue weighted by atomic mass is 10.1. The van der Waals surface area contributed by atoms with Crippen molar-refractivity contribution in [1.29, 1.82) is 0 Å². The Morgan fingerprint density at radius 3 is 2.50 bits per heavy atom. The minimum absolute atomic E-state index is 0.256. The van der Waals surface area contributed by atoms with Crippen LogP contribution in [0.1, 0.15) is 22.8 Å². The van der Waals surface area contributed by atoms with E-state index < -0.39 is 33.3 Å². The predicted molar refractivity (Wildman–Crippen MR) is 80.0 cm³/mol. The predicted octanol–water partition coefficient (Wildman–Crippen LogP) is 2.92. The summed E-state index contributed by atoms with van der Waals surface area (Å²) in [7, 11) is -3.67. The molecule has 0 aliphatic heterocycles. The van der Waals surface area contributed by atoms with Crippen LogP contribution in [-0.4, -0.2) is 19.3 Å². The summed E-state index contributed by atoms with van der Waals surface area (Å²) in [6.45, 7) is 1.79. The third-order valence-corrected chi connectivity index (χ3v) is 4.94. The molecule has 1 atom stereocenters. The second kappa shape index (κ2) is 6.54. The average Bonchev–Trinajstić information content (AvgIpc) is 2.43. The van der Waals surface area contributed by atoms with E-state index in [1.54, 1.807) is 31.2 Å². The van der Waals surface area contributed by atoms with Crippen LogP contribution in [0, 0.1) is 18.6 Å². The lowest BCUT2D eigenvalue weighted by molar-refractivity contribution is 0.196. The molecule has 0 fully saturated rings. The Morgan fingerprint density at radius 2 is 1.82 bits per heavy atom. The molecule has 22 heavy (non-hydrogen) atoms. The van der Waals surface area contributed by atoms with Crippen molar-refractivity contribution in [3.63, 3.8) is 0 Å². The van der Waals surface area contributed by atoms with Crippen molar-refractivity contribution in [2.45, 2.75) is 18.8 Å². The third kappa shape index (κ3) is 4.11. The van der Waals surface area contributed by atoms with Crippen LogP contribution >= 0.6 is 0 Å². The van der Waals surface area contributed by atoms with E-state index in [2.05, 4.69) is 0 Å². The Morgan fingerprint density at radius 1 is 1.14 bits per heavy atom. The van der Waals surface area contributed by atoms with Crippen molar-refractivity contribution in [2.24, 2.45) is 0 Å². The van der Waals surface area contributed by atoms with Gasteiger partial charge >= 0.3 is 0 Å². The molecule has 0 amide bonds. The van der Waals surface area contributed by atoms with Gasteiger partial charge in [0.2, 0.25) is 0 Å². The van der Waals surface area contributed by atoms with E-state index in [4.69, 9.17) is 0 Å². The summed E-state index contributed by atoms with van der Waals surface area (Å²) >= 11 is 0. The van der Waals surface area contributed by atoms with Crippen LogP contribution < -0.4 is 0 Å². The van der Waals surface area contributed by atoms with Gasteiger partial charge in [-0.1, -0.05) is 24.3 Å². The molecule has 1 N–H and O–H groups in total. The molecule has 0 aliphatic carbocycles. The summed E-state index contributed by atoms with van der Waals surface area (Å²) in [6, 6.07) is 9.57. The van der Waals surface area contributed by atoms with Crippen molar-refractivity contribution >= 4 is 9.84 Å². The molecular formula is C16H16F2O3S. The van der Waals surface area contributed by atoms with Crippen LogP contribution in [0.25, 0.3) is 0 Å². The molecule has 0 heterocycles. The number of aliphatic hydroxyl groups is 1. The standard InChI is InChI=1S/C16H16F2O3S/c1-11-4-2-3-5-12(11)9-22(20,21)10-16(19)14-8-13(17)6-7-15(14)18/h2-8,16,19H,9-10H2,1H3. The van der Waals surface area contributed by atoms with Crippen molar-refractivity contribution in [3.05, 3.63) is 70.8 Å². The highest BCUT2D eigenvalue weighted by Crippen LogP contribution is 2.22. The SMILES string of the molecule is Cc1ccccc1CS(=O)(=O)CC(O)c1cc(F)ccc1F. The molecule has 118 valence electrons. The summed E-state index contributed by atoms with van der Waals surface area (Å²) in [6.07, 6.45) is -1.61. The zero-order valence-electron chi connectivity index (χ0n) is 12.0. The molecule has 0 radical (unpaired) electrons. The van der Waals surface area contributed by atoms with E-state index in [0.29, 0.717) is 5.56 Å². The molecular weight excluding hydrogens is 310 g/mol. The minimum atomic E-state index is -3.67. The van der Waals surface area contributed by atoms with Gasteiger partial charge in [-0.3, -0.25) is 0 Å². The second-order valence-corrected chi connectivity index (χ2v) is 7.27. The lowest BCUT2D eigenvalue weighted by Crippen LogP contribution is -2.18. The number of hydrogen-bond acceptors (Lipinski definition) is 3. The number of aryl methyl sites for hydroxylation is 1. The molecule has 0 spiro atoms. The second-order valence-electron chi connectivity index (χ2n) is 5.16. The molecule has 2 aromatic carbocycles. The Kier molecular flexibility index (Phi) is 4.93. The van der Waals surface area contributed by atoms with Crippen LogP contribution in [0.4, 0.5) is 8.78 Å². The summed E-state index contributed by atoms with van der Waals surface area (Å²) in [5, 5.41) is 9.92. The van der Waals surface area contributed by atoms with E-state index >= 15 is 0 Å². The van der Waals surface area contributed by atoms with Crippen molar-refractivity contribution in [3.8, 4) is 0 Å². The molecule has 0 saturated heterocycles. The highest BCUT2D eigenvalue weighted by Gasteiger charge is 2.22. The van der Waals surface area contributed by atoms with E-state index in [0.717, 1.165) is 23.8 Å². The number of aliphatic hydroxyl groups excluding tert-OH is 1. The first-order valence-electron chi connectivity index (χ1n) is 6.66. The number of rotatable bonds is 5. The number of benzene rings is 2. The summed E-state index contributed by atoms with van der Waals surface area (Å²) in [5.41, 5.74) is 1.08. The summed E-state index contributed by atoms with van der Waals surface area (Å²) in [5.74, 6) is -2.48. The first-order chi connectivity index (χ1) is 10.3. The molecule has 0 saturated carbocycles. The average molecular weight is 326 g/mol. The summed E-state index contributed by atoms with van der Waals surface area (Å²) in [4.78, 5) is 0. The topological polar surface area (TPSA) is 54.4 Å². The molecule has 0 aromatic heterocycles. The maximum atomic E-state index is 13.6. The van der Waals surface area contributed by atoms with Gasteiger partial charge in [-0.05, 0) is 36.2 Å². The number of hydrogen-bond donors (Lipinski definition) is 1. The molecule has 2 rings (SSSR count). The van der Waals surface area contributed by atoms with Crippen LogP contribution in [0.2, 0.25) is 0 Å². The van der Waals surface area contributed by atoms with Gasteiger partial charge in [-0.25, -0.2) is 17.2 Å². The van der Waals surface area contributed by atoms with Gasteiger partial charge in [0.25, 0.3) is 0 Å². The maximum absolute atomic E-state index is 13.6. The smallest absolute Gasteiger partial charge is 0.157 e. The molecule has 3 nitrogen and oxygen atoms in total. The van der Waals surface area contributed by atoms with Gasteiger partial charge in [0.05, 0.1) is 17.6 Å². The van der Waals surface area contributed by atoms with Gasteiger partial charge in [-0.15, -0.1) is 0 Å². The van der Waals surface area contributed by atoms with Gasteiger partial charge in [0.1, 0.15) is 11.6 Å². The minimum Gasteiger partial charge on any atom is -0.387 e. The van der Waals surface area contributed by atoms with Gasteiger partial charge < -0.3 is 5.11 Å². The van der Waals surface area contributed by atoms with E-state index in [9.17, 15) is 22.3 Å². The molecule has 6 heteroatoms. The monoisotopic (exact) mass is 326 g/mol. The fourth-order valence-electron chi connectivity index (χ4n) is 2.17. The molecule has 2 aromatic rings. The van der Waals surface area contributed by atoms with Crippen molar-refractivity contribution in [1.82, 2.24) is 0 Å². The maximum Gasteiger partial charge on any atom is 0.157 e. The van der Waals surface area contributed by atoms with Gasteiger partial charge in [-0.2, -0.15) is 0 Å². The summed E-state index contributed by atoms with van der Waals surface area (Å²) < 4.78 is 51.0. The Hall–Kier alpha value is -1.79. The van der Waals surface area contributed by atoms with Crippen LogP contribution in [-0.2, 0) is 15.6 Å². The molecule has 0 aliphatic rings. The Bertz CT molecular complexity index is 773. The normalized spacial score (nSPS) is 13.1. The Balaban J connectivity index is 2.18. The number of halogens is 2. The zero-order valence-corrected chi connectivity index (χ0v) is 12.8. The fraction of sp³-hybridized carbons (Fsp3) is 0.250. The van der Waals surface area contributed by atoms with E-state index in [1.807, 2.05) is 0 Å². The lowest BCUT2D eigenvalue weighted by Gasteiger charge is -2.13. The highest BCUT2D eigenvalue weighted by atomic mass is 32.2. The quantitative estimate of drug-likeness (QED) is 0.919. The van der Waals surface area contributed by atoms with Gasteiger partial charge in [0.15, 0.2) is 9.84 Å². The fourth-order valence-corrected chi connectivity index (χ4v) is 3.74. The van der Waals surface area contributed by atoms with Crippen LogP contribution in [0.5, 0.6) is 0 Å². The van der Waals surface area contributed by atoms with Crippen LogP contribution in [0.15, 0.2) is 42.5 Å². The largest absolute Gasteiger partial charge is 0.387 e. The van der Waals surface area contributed by atoms with Crippen LogP contribution in [0.3, 0.4) is 0 Å². The van der Waals surface area contributed by atoms with E-state index in [1.165, 1.54) is 0 Å². The molecule has 0 bridgehead atoms. The molecule has 1 unspecified atom stereocenters. The van der Waals surface area contributed by atoms with Crippen molar-refractivity contribution in [2.75, 3.05) is 5.75 Å². The third-order valence-electron chi connectivity index (χ3n) is 3.37. The van der Waals surface area contributed by atoms with Gasteiger partial charge in [0, 0.05) is 5.56 Å². The van der Waals surface area contributed by atoms with Crippen molar-refractivity contribution < 1.29 is 22.3 Å². The zero-order chi connectivity index (χ0) is 16.3. The van der Waals surface area contributed by atoms with E-state index in [-0.39, 0.29) is 11.3 Å².